The van der Waals surface area contributed by atoms with E-state index in [1.54, 1.807) is 32.0 Å². The maximum Gasteiger partial charge on any atom is 0.323 e. The number of esters is 2. The number of ether oxygens (including phenoxy) is 2. The van der Waals surface area contributed by atoms with Crippen molar-refractivity contribution in [2.24, 2.45) is 5.41 Å². The number of carbonyl (C=O) groups excluding carboxylic acids is 2. The highest BCUT2D eigenvalue weighted by atomic mass is 19.1. The Hall–Kier alpha value is -1.91. The zero-order valence-electron chi connectivity index (χ0n) is 18.3. The minimum Gasteiger partial charge on any atom is -0.465 e. The third-order valence-electron chi connectivity index (χ3n) is 5.54. The van der Waals surface area contributed by atoms with Crippen LogP contribution in [0.1, 0.15) is 90.5 Å². The van der Waals surface area contributed by atoms with Crippen molar-refractivity contribution in [3.63, 3.8) is 0 Å². The van der Waals surface area contributed by atoms with Gasteiger partial charge in [-0.25, -0.2) is 4.39 Å². The lowest BCUT2D eigenvalue weighted by molar-refractivity contribution is -0.174. The van der Waals surface area contributed by atoms with Crippen LogP contribution in [0.5, 0.6) is 0 Å². The molecule has 0 amide bonds. The van der Waals surface area contributed by atoms with E-state index < -0.39 is 23.2 Å². The molecule has 1 rings (SSSR count). The number of benzene rings is 1. The highest BCUT2D eigenvalue weighted by Crippen LogP contribution is 2.31. The van der Waals surface area contributed by atoms with Gasteiger partial charge in [-0.3, -0.25) is 9.59 Å². The predicted molar refractivity (Wildman–Crippen MR) is 113 cm³/mol. The van der Waals surface area contributed by atoms with Gasteiger partial charge in [-0.15, -0.1) is 0 Å². The molecule has 0 aliphatic heterocycles. The number of unbranched alkanes of at least 4 members (excludes halogenated alkanes) is 7. The average Bonchev–Trinajstić information content (AvgIpc) is 2.73. The van der Waals surface area contributed by atoms with E-state index in [-0.39, 0.29) is 25.0 Å². The quantitative estimate of drug-likeness (QED) is 0.192. The predicted octanol–water partition coefficient (Wildman–Crippen LogP) is 6.36. The van der Waals surface area contributed by atoms with Gasteiger partial charge in [-0.1, -0.05) is 83.9 Å². The fourth-order valence-electron chi connectivity index (χ4n) is 3.35. The zero-order valence-corrected chi connectivity index (χ0v) is 18.3. The summed E-state index contributed by atoms with van der Waals surface area (Å²) in [4.78, 5) is 25.3. The third-order valence-corrected chi connectivity index (χ3v) is 5.54. The molecule has 0 unspecified atom stereocenters. The lowest BCUT2D eigenvalue weighted by Crippen LogP contribution is -2.41. The molecule has 0 fully saturated rings. The van der Waals surface area contributed by atoms with E-state index >= 15 is 0 Å². The maximum absolute atomic E-state index is 13.7. The van der Waals surface area contributed by atoms with Crippen molar-refractivity contribution in [2.45, 2.75) is 91.6 Å². The van der Waals surface area contributed by atoms with Crippen molar-refractivity contribution in [1.29, 1.82) is 0 Å². The van der Waals surface area contributed by atoms with Gasteiger partial charge in [-0.05, 0) is 25.3 Å². The molecule has 0 saturated carbocycles. The van der Waals surface area contributed by atoms with Crippen molar-refractivity contribution < 1.29 is 23.5 Å². The smallest absolute Gasteiger partial charge is 0.323 e. The van der Waals surface area contributed by atoms with Crippen molar-refractivity contribution in [1.82, 2.24) is 0 Å². The molecule has 0 spiro atoms. The van der Waals surface area contributed by atoms with Crippen LogP contribution in [-0.4, -0.2) is 18.5 Å². The second-order valence-corrected chi connectivity index (χ2v) is 7.57. The highest BCUT2D eigenvalue weighted by Gasteiger charge is 2.45. The molecule has 0 aromatic heterocycles. The SMILES string of the molecule is CCCCCCCCCCOC(=O)C(CC)(CC)C(=O)OCc1ccccc1F. The number of hydrogen-bond acceptors (Lipinski definition) is 4. The van der Waals surface area contributed by atoms with Crippen LogP contribution in [0.15, 0.2) is 24.3 Å². The Morgan fingerprint density at radius 1 is 0.828 bits per heavy atom. The lowest BCUT2D eigenvalue weighted by Gasteiger charge is -2.27. The Labute approximate surface area is 175 Å². The number of halogens is 1. The summed E-state index contributed by atoms with van der Waals surface area (Å²) < 4.78 is 24.4. The molecule has 0 bridgehead atoms. The van der Waals surface area contributed by atoms with Crippen molar-refractivity contribution in [3.05, 3.63) is 35.6 Å². The largest absolute Gasteiger partial charge is 0.465 e. The first-order valence-electron chi connectivity index (χ1n) is 11.1. The Morgan fingerprint density at radius 2 is 1.38 bits per heavy atom. The summed E-state index contributed by atoms with van der Waals surface area (Å²) in [7, 11) is 0. The first-order chi connectivity index (χ1) is 14.0. The maximum atomic E-state index is 13.7. The van der Waals surface area contributed by atoms with E-state index in [4.69, 9.17) is 9.47 Å². The molecule has 0 atom stereocenters. The van der Waals surface area contributed by atoms with Crippen LogP contribution in [0.2, 0.25) is 0 Å². The van der Waals surface area contributed by atoms with Crippen LogP contribution in [0.4, 0.5) is 4.39 Å². The first-order valence-corrected chi connectivity index (χ1v) is 11.1. The van der Waals surface area contributed by atoms with Gasteiger partial charge in [0.2, 0.25) is 0 Å². The minimum absolute atomic E-state index is 0.196. The van der Waals surface area contributed by atoms with Gasteiger partial charge in [0.05, 0.1) is 6.61 Å². The molecule has 1 aromatic rings. The van der Waals surface area contributed by atoms with Gasteiger partial charge < -0.3 is 9.47 Å². The summed E-state index contributed by atoms with van der Waals surface area (Å²) in [6, 6.07) is 6.12. The summed E-state index contributed by atoms with van der Waals surface area (Å²) in [5, 5.41) is 0. The van der Waals surface area contributed by atoms with Gasteiger partial charge in [0.1, 0.15) is 12.4 Å². The Kier molecular flexibility index (Phi) is 12.2. The number of carbonyl (C=O) groups is 2. The van der Waals surface area contributed by atoms with E-state index in [0.29, 0.717) is 6.61 Å². The van der Waals surface area contributed by atoms with Crippen molar-refractivity contribution in [2.75, 3.05) is 6.61 Å². The van der Waals surface area contributed by atoms with Crippen molar-refractivity contribution >= 4 is 11.9 Å². The van der Waals surface area contributed by atoms with Gasteiger partial charge in [0, 0.05) is 5.56 Å². The number of rotatable bonds is 15. The molecule has 0 heterocycles. The summed E-state index contributed by atoms with van der Waals surface area (Å²) in [5.41, 5.74) is -1.04. The van der Waals surface area contributed by atoms with E-state index in [1.807, 2.05) is 0 Å². The summed E-state index contributed by atoms with van der Waals surface area (Å²) in [6.07, 6.45) is 9.83. The molecule has 1 aromatic carbocycles. The molecule has 4 nitrogen and oxygen atoms in total. The first kappa shape index (κ1) is 25.1. The van der Waals surface area contributed by atoms with Crippen LogP contribution in [0.25, 0.3) is 0 Å². The molecular formula is C24H37FO4. The van der Waals surface area contributed by atoms with Gasteiger partial charge in [0.25, 0.3) is 0 Å². The fraction of sp³-hybridized carbons (Fsp3) is 0.667. The van der Waals surface area contributed by atoms with Gasteiger partial charge >= 0.3 is 11.9 Å². The minimum atomic E-state index is -1.33. The van der Waals surface area contributed by atoms with E-state index in [1.165, 1.54) is 38.2 Å². The molecule has 5 heteroatoms. The van der Waals surface area contributed by atoms with Crippen LogP contribution >= 0.6 is 0 Å². The Bertz CT molecular complexity index is 611. The van der Waals surface area contributed by atoms with E-state index in [0.717, 1.165) is 19.3 Å². The number of hydrogen-bond donors (Lipinski definition) is 0. The normalized spacial score (nSPS) is 11.3. The fourth-order valence-corrected chi connectivity index (χ4v) is 3.35. The van der Waals surface area contributed by atoms with Gasteiger partial charge in [0.15, 0.2) is 5.41 Å². The van der Waals surface area contributed by atoms with Crippen LogP contribution < -0.4 is 0 Å². The molecule has 0 N–H and O–H groups in total. The second kappa shape index (κ2) is 14.1. The molecule has 0 radical (unpaired) electrons. The van der Waals surface area contributed by atoms with Crippen LogP contribution in [-0.2, 0) is 25.7 Å². The van der Waals surface area contributed by atoms with Crippen LogP contribution in [0, 0.1) is 11.2 Å². The summed E-state index contributed by atoms with van der Waals surface area (Å²) >= 11 is 0. The molecule has 164 valence electrons. The van der Waals surface area contributed by atoms with Crippen molar-refractivity contribution in [3.8, 4) is 0 Å². The lowest BCUT2D eigenvalue weighted by atomic mass is 9.82. The molecule has 0 saturated heterocycles. The third kappa shape index (κ3) is 8.15. The zero-order chi connectivity index (χ0) is 21.5. The monoisotopic (exact) mass is 408 g/mol. The highest BCUT2D eigenvalue weighted by molar-refractivity contribution is 5.99. The Balaban J connectivity index is 2.44. The molecule has 29 heavy (non-hydrogen) atoms. The summed E-state index contributed by atoms with van der Waals surface area (Å²) in [5.74, 6) is -1.62. The van der Waals surface area contributed by atoms with Crippen LogP contribution in [0.3, 0.4) is 0 Å². The van der Waals surface area contributed by atoms with Gasteiger partial charge in [-0.2, -0.15) is 0 Å². The topological polar surface area (TPSA) is 52.6 Å². The second-order valence-electron chi connectivity index (χ2n) is 7.57. The summed E-state index contributed by atoms with van der Waals surface area (Å²) in [6.45, 7) is 5.86. The molecular weight excluding hydrogens is 371 g/mol. The average molecular weight is 409 g/mol. The van der Waals surface area contributed by atoms with E-state index in [9.17, 15) is 14.0 Å². The molecule has 0 aliphatic rings. The standard InChI is InChI=1S/C24H37FO4/c1-4-7-8-9-10-11-12-15-18-28-22(26)24(5-2,6-3)23(27)29-19-20-16-13-14-17-21(20)25/h13-14,16-17H,4-12,15,18-19H2,1-3H3. The Morgan fingerprint density at radius 3 is 1.97 bits per heavy atom. The molecule has 0 aliphatic carbocycles. The van der Waals surface area contributed by atoms with E-state index in [2.05, 4.69) is 6.92 Å².